The van der Waals surface area contributed by atoms with Crippen LogP contribution in [-0.2, 0) is 16.0 Å². The van der Waals surface area contributed by atoms with Gasteiger partial charge in [0.15, 0.2) is 0 Å². The summed E-state index contributed by atoms with van der Waals surface area (Å²) in [6.45, 7) is 10.6. The predicted octanol–water partition coefficient (Wildman–Crippen LogP) is 2.48. The number of carbonyl (C=O) groups excluding carboxylic acids is 2. The van der Waals surface area contributed by atoms with E-state index in [0.29, 0.717) is 56.1 Å². The number of halogens is 1. The summed E-state index contributed by atoms with van der Waals surface area (Å²) in [4.78, 5) is 31.4. The third-order valence-corrected chi connectivity index (χ3v) is 6.38. The highest BCUT2D eigenvalue weighted by atomic mass is 35.5. The third kappa shape index (κ3) is 7.09. The van der Waals surface area contributed by atoms with Crippen molar-refractivity contribution in [2.75, 3.05) is 59.0 Å². The van der Waals surface area contributed by atoms with E-state index < -0.39 is 0 Å². The molecule has 2 aliphatic heterocycles. The van der Waals surface area contributed by atoms with Gasteiger partial charge in [-0.25, -0.2) is 4.79 Å². The molecule has 7 nitrogen and oxygen atoms in total. The van der Waals surface area contributed by atoms with E-state index in [4.69, 9.17) is 16.3 Å². The van der Waals surface area contributed by atoms with Crippen molar-refractivity contribution in [3.8, 4) is 0 Å². The van der Waals surface area contributed by atoms with Crippen LogP contribution in [0.2, 0.25) is 5.02 Å². The Bertz CT molecular complexity index is 731. The van der Waals surface area contributed by atoms with Gasteiger partial charge in [0.25, 0.3) is 0 Å². The molecular formula is C23H35ClN4O3. The molecule has 1 aromatic rings. The van der Waals surface area contributed by atoms with Crippen molar-refractivity contribution in [2.24, 2.45) is 5.92 Å². The Morgan fingerprint density at radius 2 is 1.68 bits per heavy atom. The highest BCUT2D eigenvalue weighted by Crippen LogP contribution is 2.17. The largest absolute Gasteiger partial charge is 0.379 e. The van der Waals surface area contributed by atoms with Crippen molar-refractivity contribution in [1.29, 1.82) is 0 Å². The van der Waals surface area contributed by atoms with Gasteiger partial charge in [-0.2, -0.15) is 0 Å². The molecule has 0 saturated carbocycles. The molecule has 0 aromatic heterocycles. The molecule has 172 valence electrons. The number of amides is 3. The molecule has 1 atom stereocenters. The van der Waals surface area contributed by atoms with Gasteiger partial charge in [0.05, 0.1) is 19.6 Å². The molecular weight excluding hydrogens is 416 g/mol. The van der Waals surface area contributed by atoms with Gasteiger partial charge in [-0.15, -0.1) is 0 Å². The summed E-state index contributed by atoms with van der Waals surface area (Å²) >= 11 is 6.18. The van der Waals surface area contributed by atoms with Crippen molar-refractivity contribution in [2.45, 2.75) is 32.7 Å². The fraction of sp³-hybridized carbons (Fsp3) is 0.652. The first kappa shape index (κ1) is 23.8. The van der Waals surface area contributed by atoms with Crippen molar-refractivity contribution in [1.82, 2.24) is 20.0 Å². The van der Waals surface area contributed by atoms with Crippen LogP contribution in [0.3, 0.4) is 0 Å². The number of piperazine rings is 1. The first-order chi connectivity index (χ1) is 14.9. The van der Waals surface area contributed by atoms with Crippen LogP contribution in [0.5, 0.6) is 0 Å². The average Bonchev–Trinajstić information content (AvgIpc) is 2.78. The van der Waals surface area contributed by atoms with Crippen LogP contribution in [0.1, 0.15) is 25.8 Å². The first-order valence-corrected chi connectivity index (χ1v) is 11.7. The number of nitrogens with zero attached hydrogens (tertiary/aromatic N) is 3. The monoisotopic (exact) mass is 450 g/mol. The summed E-state index contributed by atoms with van der Waals surface area (Å²) in [5, 5.41) is 3.75. The minimum absolute atomic E-state index is 0.0415. The molecule has 2 aliphatic rings. The zero-order chi connectivity index (χ0) is 22.2. The van der Waals surface area contributed by atoms with Crippen molar-refractivity contribution in [3.63, 3.8) is 0 Å². The maximum absolute atomic E-state index is 12.7. The Kier molecular flexibility index (Phi) is 8.99. The number of nitrogens with one attached hydrogen (secondary N) is 1. The van der Waals surface area contributed by atoms with Gasteiger partial charge in [-0.3, -0.25) is 9.69 Å². The van der Waals surface area contributed by atoms with Gasteiger partial charge < -0.3 is 19.9 Å². The lowest BCUT2D eigenvalue weighted by Crippen LogP contribution is -2.55. The summed E-state index contributed by atoms with van der Waals surface area (Å²) in [5.41, 5.74) is 0.841. The highest BCUT2D eigenvalue weighted by molar-refractivity contribution is 6.31. The maximum atomic E-state index is 12.7. The number of hydrogen-bond acceptors (Lipinski definition) is 4. The van der Waals surface area contributed by atoms with Crippen LogP contribution in [0.4, 0.5) is 4.79 Å². The average molecular weight is 451 g/mol. The molecule has 0 radical (unpaired) electrons. The number of ether oxygens (including phenoxy) is 1. The van der Waals surface area contributed by atoms with E-state index in [1.54, 1.807) is 6.07 Å². The minimum Gasteiger partial charge on any atom is -0.379 e. The number of carbonyl (C=O) groups is 2. The second kappa shape index (κ2) is 11.7. The Morgan fingerprint density at radius 1 is 1.03 bits per heavy atom. The lowest BCUT2D eigenvalue weighted by Gasteiger charge is -2.37. The molecule has 3 rings (SSSR count). The standard InChI is InChI=1S/C23H35ClN4O3/c1-18(2)15-20(26-11-13-31-14-12-26)17-25-23(30)28-9-7-27(8-10-28)22(29)16-19-5-3-4-6-21(19)24/h3-6,18,20H,7-17H2,1-2H3,(H,25,30). The second-order valence-electron chi connectivity index (χ2n) is 8.75. The van der Waals surface area contributed by atoms with E-state index in [0.717, 1.165) is 38.3 Å². The quantitative estimate of drug-likeness (QED) is 0.693. The van der Waals surface area contributed by atoms with Gasteiger partial charge in [0.2, 0.25) is 5.91 Å². The van der Waals surface area contributed by atoms with Crippen LogP contribution in [0.15, 0.2) is 24.3 Å². The second-order valence-corrected chi connectivity index (χ2v) is 9.16. The summed E-state index contributed by atoms with van der Waals surface area (Å²) in [5.74, 6) is 0.620. The smallest absolute Gasteiger partial charge is 0.317 e. The fourth-order valence-electron chi connectivity index (χ4n) is 4.24. The SMILES string of the molecule is CC(C)CC(CNC(=O)N1CCN(C(=O)Cc2ccccc2Cl)CC1)N1CCOCC1. The van der Waals surface area contributed by atoms with Gasteiger partial charge in [-0.05, 0) is 24.0 Å². The Hall–Kier alpha value is -1.83. The van der Waals surface area contributed by atoms with Crippen LogP contribution in [0, 0.1) is 5.92 Å². The Morgan fingerprint density at radius 3 is 2.32 bits per heavy atom. The number of urea groups is 1. The van der Waals surface area contributed by atoms with Crippen LogP contribution >= 0.6 is 11.6 Å². The molecule has 1 aromatic carbocycles. The highest BCUT2D eigenvalue weighted by Gasteiger charge is 2.26. The molecule has 0 aliphatic carbocycles. The maximum Gasteiger partial charge on any atom is 0.317 e. The van der Waals surface area contributed by atoms with Crippen molar-refractivity contribution in [3.05, 3.63) is 34.9 Å². The molecule has 2 saturated heterocycles. The summed E-state index contributed by atoms with van der Waals surface area (Å²) in [6, 6.07) is 7.71. The number of hydrogen-bond donors (Lipinski definition) is 1. The molecule has 0 spiro atoms. The van der Waals surface area contributed by atoms with Crippen LogP contribution in [0.25, 0.3) is 0 Å². The topological polar surface area (TPSA) is 65.1 Å². The van der Waals surface area contributed by atoms with E-state index in [-0.39, 0.29) is 11.9 Å². The molecule has 1 unspecified atom stereocenters. The number of morpholine rings is 1. The first-order valence-electron chi connectivity index (χ1n) is 11.3. The molecule has 8 heteroatoms. The predicted molar refractivity (Wildman–Crippen MR) is 122 cm³/mol. The number of rotatable bonds is 7. The summed E-state index contributed by atoms with van der Waals surface area (Å²) < 4.78 is 5.47. The molecule has 0 bridgehead atoms. The van der Waals surface area contributed by atoms with E-state index in [1.165, 1.54) is 0 Å². The summed E-state index contributed by atoms with van der Waals surface area (Å²) in [7, 11) is 0. The Balaban J connectivity index is 1.44. The number of benzene rings is 1. The normalized spacial score (nSPS) is 18.8. The van der Waals surface area contributed by atoms with Crippen LogP contribution in [-0.4, -0.2) is 91.7 Å². The van der Waals surface area contributed by atoms with E-state index in [2.05, 4.69) is 24.1 Å². The zero-order valence-electron chi connectivity index (χ0n) is 18.7. The van der Waals surface area contributed by atoms with Crippen LogP contribution < -0.4 is 5.32 Å². The van der Waals surface area contributed by atoms with E-state index >= 15 is 0 Å². The van der Waals surface area contributed by atoms with Crippen molar-refractivity contribution >= 4 is 23.5 Å². The van der Waals surface area contributed by atoms with Gasteiger partial charge >= 0.3 is 6.03 Å². The molecule has 1 N–H and O–H groups in total. The van der Waals surface area contributed by atoms with E-state index in [1.807, 2.05) is 28.0 Å². The molecule has 2 fully saturated rings. The van der Waals surface area contributed by atoms with Gasteiger partial charge in [-0.1, -0.05) is 43.6 Å². The lowest BCUT2D eigenvalue weighted by atomic mass is 10.0. The fourth-order valence-corrected chi connectivity index (χ4v) is 4.44. The zero-order valence-corrected chi connectivity index (χ0v) is 19.4. The molecule has 3 amide bonds. The molecule has 2 heterocycles. The minimum atomic E-state index is -0.0415. The summed E-state index contributed by atoms with van der Waals surface area (Å²) in [6.07, 6.45) is 1.34. The van der Waals surface area contributed by atoms with Crippen molar-refractivity contribution < 1.29 is 14.3 Å². The lowest BCUT2D eigenvalue weighted by molar-refractivity contribution is -0.131. The van der Waals surface area contributed by atoms with E-state index in [9.17, 15) is 9.59 Å². The van der Waals surface area contributed by atoms with Gasteiger partial charge in [0.1, 0.15) is 0 Å². The molecule has 31 heavy (non-hydrogen) atoms. The van der Waals surface area contributed by atoms with Gasteiger partial charge in [0, 0.05) is 56.9 Å². The Labute approximate surface area is 190 Å². The third-order valence-electron chi connectivity index (χ3n) is 6.01.